The lowest BCUT2D eigenvalue weighted by atomic mass is 10.2. The van der Waals surface area contributed by atoms with E-state index >= 15 is 0 Å². The maximum Gasteiger partial charge on any atom is 0.325 e. The molecule has 2 amide bonds. The molecule has 1 fully saturated rings. The molecule has 22 heavy (non-hydrogen) atoms. The Morgan fingerprint density at radius 2 is 2.18 bits per heavy atom. The van der Waals surface area contributed by atoms with Crippen LogP contribution in [-0.2, 0) is 14.3 Å². The van der Waals surface area contributed by atoms with Crippen LogP contribution < -0.4 is 0 Å². The van der Waals surface area contributed by atoms with E-state index < -0.39 is 23.7 Å². The van der Waals surface area contributed by atoms with Gasteiger partial charge in [0.05, 0.1) is 21.5 Å². The van der Waals surface area contributed by atoms with Crippen molar-refractivity contribution in [3.05, 3.63) is 32.1 Å². The van der Waals surface area contributed by atoms with E-state index in [0.717, 1.165) is 4.90 Å². The number of thioether (sulfide) groups is 1. The molecule has 0 aromatic heterocycles. The molecule has 1 aromatic carbocycles. The van der Waals surface area contributed by atoms with Gasteiger partial charge in [-0.25, -0.2) is 0 Å². The lowest BCUT2D eigenvalue weighted by Crippen LogP contribution is -2.34. The number of phenols is 1. The number of halogens is 2. The van der Waals surface area contributed by atoms with E-state index in [4.69, 9.17) is 11.6 Å². The number of hydrogen-bond acceptors (Lipinski definition) is 6. The number of ether oxygens (including phenoxy) is 1. The highest BCUT2D eigenvalue weighted by molar-refractivity contribution is 9.10. The van der Waals surface area contributed by atoms with Crippen molar-refractivity contribution in [2.75, 3.05) is 13.7 Å². The van der Waals surface area contributed by atoms with E-state index in [0.29, 0.717) is 21.8 Å². The number of hydrogen-bond donors (Lipinski definition) is 1. The maximum absolute atomic E-state index is 12.1. The van der Waals surface area contributed by atoms with Crippen LogP contribution in [0.1, 0.15) is 5.56 Å². The van der Waals surface area contributed by atoms with Crippen molar-refractivity contribution in [2.24, 2.45) is 0 Å². The van der Waals surface area contributed by atoms with Crippen molar-refractivity contribution in [1.29, 1.82) is 0 Å². The molecule has 0 atom stereocenters. The van der Waals surface area contributed by atoms with E-state index in [1.807, 2.05) is 0 Å². The van der Waals surface area contributed by atoms with Crippen LogP contribution in [-0.4, -0.2) is 40.8 Å². The second kappa shape index (κ2) is 6.72. The number of imide groups is 1. The summed E-state index contributed by atoms with van der Waals surface area (Å²) in [5, 5.41) is 9.12. The molecular weight excluding hydrogens is 398 g/mol. The molecule has 1 N–H and O–H groups in total. The molecule has 0 bridgehead atoms. The Kier molecular flexibility index (Phi) is 5.15. The topological polar surface area (TPSA) is 83.9 Å². The van der Waals surface area contributed by atoms with Crippen LogP contribution in [0, 0.1) is 0 Å². The molecule has 2 rings (SSSR count). The Labute approximate surface area is 143 Å². The number of carbonyl (C=O) groups is 3. The van der Waals surface area contributed by atoms with E-state index in [2.05, 4.69) is 20.7 Å². The first-order valence-electron chi connectivity index (χ1n) is 5.83. The van der Waals surface area contributed by atoms with E-state index in [1.54, 1.807) is 6.07 Å². The van der Waals surface area contributed by atoms with Gasteiger partial charge in [-0.05, 0) is 51.5 Å². The highest BCUT2D eigenvalue weighted by Gasteiger charge is 2.36. The van der Waals surface area contributed by atoms with Gasteiger partial charge in [0.2, 0.25) is 0 Å². The summed E-state index contributed by atoms with van der Waals surface area (Å²) >= 11 is 9.69. The zero-order valence-corrected chi connectivity index (χ0v) is 14.3. The van der Waals surface area contributed by atoms with Gasteiger partial charge in [0.25, 0.3) is 11.1 Å². The zero-order valence-electron chi connectivity index (χ0n) is 11.1. The number of methoxy groups -OCH3 is 1. The lowest BCUT2D eigenvalue weighted by molar-refractivity contribution is -0.143. The van der Waals surface area contributed by atoms with Crippen LogP contribution in [0.3, 0.4) is 0 Å². The first-order valence-corrected chi connectivity index (χ1v) is 7.82. The largest absolute Gasteiger partial charge is 0.505 e. The molecule has 6 nitrogen and oxygen atoms in total. The van der Waals surface area contributed by atoms with E-state index in [9.17, 15) is 19.5 Å². The van der Waals surface area contributed by atoms with Crippen LogP contribution in [0.25, 0.3) is 6.08 Å². The quantitative estimate of drug-likeness (QED) is 0.613. The van der Waals surface area contributed by atoms with Crippen molar-refractivity contribution in [1.82, 2.24) is 4.90 Å². The summed E-state index contributed by atoms with van der Waals surface area (Å²) in [6.07, 6.45) is 1.46. The number of esters is 1. The average Bonchev–Trinajstić information content (AvgIpc) is 2.72. The molecule has 1 aliphatic heterocycles. The standard InChI is InChI=1S/C13H9BrClNO5S/c1-21-10(17)5-16-12(19)9(22-13(16)20)4-6-2-7(14)11(18)8(15)3-6/h2-4,18H,5H2,1H3/b9-4-. The lowest BCUT2D eigenvalue weighted by Gasteiger charge is -2.09. The fourth-order valence-corrected chi connectivity index (χ4v) is 3.31. The SMILES string of the molecule is COC(=O)CN1C(=O)S/C(=C\c2cc(Cl)c(O)c(Br)c2)C1=O. The summed E-state index contributed by atoms with van der Waals surface area (Å²) in [5.74, 6) is -1.38. The average molecular weight is 407 g/mol. The number of carbonyl (C=O) groups excluding carboxylic acids is 3. The van der Waals surface area contributed by atoms with Crippen LogP contribution in [0.5, 0.6) is 5.75 Å². The summed E-state index contributed by atoms with van der Waals surface area (Å²) in [4.78, 5) is 36.1. The zero-order chi connectivity index (χ0) is 16.4. The normalized spacial score (nSPS) is 16.5. The first kappa shape index (κ1) is 16.9. The van der Waals surface area contributed by atoms with E-state index in [1.165, 1.54) is 19.3 Å². The van der Waals surface area contributed by atoms with Crippen LogP contribution >= 0.6 is 39.3 Å². The third-order valence-corrected chi connectivity index (χ3v) is 4.53. The predicted octanol–water partition coefficient (Wildman–Crippen LogP) is 3.02. The minimum Gasteiger partial charge on any atom is -0.505 e. The number of amides is 2. The third kappa shape index (κ3) is 3.45. The molecule has 9 heteroatoms. The third-order valence-electron chi connectivity index (χ3n) is 2.73. The van der Waals surface area contributed by atoms with Crippen LogP contribution in [0.2, 0.25) is 5.02 Å². The predicted molar refractivity (Wildman–Crippen MR) is 85.5 cm³/mol. The second-order valence-electron chi connectivity index (χ2n) is 4.18. The van der Waals surface area contributed by atoms with Gasteiger partial charge in [0.15, 0.2) is 0 Å². The highest BCUT2D eigenvalue weighted by atomic mass is 79.9. The fourth-order valence-electron chi connectivity index (χ4n) is 1.65. The smallest absolute Gasteiger partial charge is 0.325 e. The van der Waals surface area contributed by atoms with Crippen molar-refractivity contribution >= 4 is 62.5 Å². The van der Waals surface area contributed by atoms with Crippen molar-refractivity contribution in [3.8, 4) is 5.75 Å². The summed E-state index contributed by atoms with van der Waals surface area (Å²) in [5.41, 5.74) is 0.526. The fraction of sp³-hybridized carbons (Fsp3) is 0.154. The Morgan fingerprint density at radius 1 is 1.50 bits per heavy atom. The van der Waals surface area contributed by atoms with E-state index in [-0.39, 0.29) is 15.7 Å². The number of phenolic OH excluding ortho intramolecular Hbond substituents is 1. The second-order valence-corrected chi connectivity index (χ2v) is 6.43. The van der Waals surface area contributed by atoms with Crippen LogP contribution in [0.15, 0.2) is 21.5 Å². The molecule has 0 unspecified atom stereocenters. The molecule has 1 aromatic rings. The summed E-state index contributed by atoms with van der Waals surface area (Å²) in [6.45, 7) is -0.432. The number of rotatable bonds is 3. The molecule has 1 saturated heterocycles. The number of aromatic hydroxyl groups is 1. The van der Waals surface area contributed by atoms with Gasteiger partial charge in [-0.3, -0.25) is 19.3 Å². The Bertz CT molecular complexity index is 683. The molecule has 1 heterocycles. The van der Waals surface area contributed by atoms with Gasteiger partial charge >= 0.3 is 5.97 Å². The summed E-state index contributed by atoms with van der Waals surface area (Å²) < 4.78 is 4.80. The van der Waals surface area contributed by atoms with Gasteiger partial charge < -0.3 is 9.84 Å². The summed E-state index contributed by atoms with van der Waals surface area (Å²) in [7, 11) is 1.17. The molecular formula is C13H9BrClNO5S. The number of nitrogens with zero attached hydrogens (tertiary/aromatic N) is 1. The van der Waals surface area contributed by atoms with Crippen molar-refractivity contribution in [2.45, 2.75) is 0 Å². The molecule has 1 aliphatic rings. The van der Waals surface area contributed by atoms with Gasteiger partial charge in [-0.15, -0.1) is 0 Å². The Hall–Kier alpha value is -1.51. The van der Waals surface area contributed by atoms with Gasteiger partial charge in [-0.1, -0.05) is 11.6 Å². The molecule has 116 valence electrons. The van der Waals surface area contributed by atoms with Gasteiger partial charge in [0, 0.05) is 0 Å². The molecule has 0 spiro atoms. The molecule has 0 saturated carbocycles. The highest BCUT2D eigenvalue weighted by Crippen LogP contribution is 2.36. The summed E-state index contributed by atoms with van der Waals surface area (Å²) in [6, 6.07) is 3.01. The van der Waals surface area contributed by atoms with Crippen molar-refractivity contribution < 1.29 is 24.2 Å². The van der Waals surface area contributed by atoms with Gasteiger partial charge in [0.1, 0.15) is 12.3 Å². The number of benzene rings is 1. The minimum atomic E-state index is -0.682. The minimum absolute atomic E-state index is 0.106. The molecule has 0 radical (unpaired) electrons. The molecule has 0 aliphatic carbocycles. The monoisotopic (exact) mass is 405 g/mol. The maximum atomic E-state index is 12.1. The Balaban J connectivity index is 2.28. The first-order chi connectivity index (χ1) is 10.3. The van der Waals surface area contributed by atoms with Crippen LogP contribution in [0.4, 0.5) is 4.79 Å². The van der Waals surface area contributed by atoms with Gasteiger partial charge in [-0.2, -0.15) is 0 Å². The van der Waals surface area contributed by atoms with Crippen molar-refractivity contribution in [3.63, 3.8) is 0 Å². The Morgan fingerprint density at radius 3 is 2.77 bits per heavy atom.